The molecule has 2 aromatic rings. The van der Waals surface area contributed by atoms with Gasteiger partial charge in [-0.25, -0.2) is 9.31 Å². The minimum absolute atomic E-state index is 0.136. The summed E-state index contributed by atoms with van der Waals surface area (Å²) < 4.78 is 1.82. The molecule has 0 bridgehead atoms. The molecule has 3 rings (SSSR count). The van der Waals surface area contributed by atoms with Crippen molar-refractivity contribution in [2.75, 3.05) is 0 Å². The molecule has 1 aliphatic carbocycles. The van der Waals surface area contributed by atoms with Gasteiger partial charge < -0.3 is 5.11 Å². The lowest BCUT2D eigenvalue weighted by atomic mass is 9.88. The third kappa shape index (κ3) is 2.82. The van der Waals surface area contributed by atoms with Crippen LogP contribution in [0, 0.1) is 5.92 Å². The summed E-state index contributed by atoms with van der Waals surface area (Å²) in [5.74, 6) is -0.219. The summed E-state index contributed by atoms with van der Waals surface area (Å²) in [5, 5.41) is 13.9. The number of carboxylic acids is 1. The van der Waals surface area contributed by atoms with E-state index >= 15 is 0 Å². The maximum Gasteiger partial charge on any atom is 0.315 e. The number of aliphatic carboxylic acids is 1. The van der Waals surface area contributed by atoms with E-state index in [1.54, 1.807) is 18.1 Å². The topological polar surface area (TPSA) is 71.7 Å². The maximum absolute atomic E-state index is 11.2. The first-order valence-corrected chi connectivity index (χ1v) is 8.00. The highest BCUT2D eigenvalue weighted by atomic mass is 16.4. The molecule has 1 atom stereocenters. The van der Waals surface area contributed by atoms with E-state index in [2.05, 4.69) is 12.0 Å². The second-order valence-corrected chi connectivity index (χ2v) is 5.79. The molecule has 0 aliphatic heterocycles. The number of hydrogen-bond donors (Lipinski definition) is 1. The van der Waals surface area contributed by atoms with Gasteiger partial charge in [0, 0.05) is 11.8 Å². The van der Waals surface area contributed by atoms with Crippen molar-refractivity contribution in [3.8, 4) is 0 Å². The summed E-state index contributed by atoms with van der Waals surface area (Å²) in [6.45, 7) is 2.12. The number of pyridine rings is 1. The van der Waals surface area contributed by atoms with Gasteiger partial charge in [0.05, 0.1) is 16.8 Å². The summed E-state index contributed by atoms with van der Waals surface area (Å²) >= 11 is 0. The molecule has 1 unspecified atom stereocenters. The Labute approximate surface area is 139 Å². The molecule has 0 fully saturated rings. The van der Waals surface area contributed by atoms with Crippen LogP contribution in [0.5, 0.6) is 0 Å². The third-order valence-corrected chi connectivity index (χ3v) is 4.17. The van der Waals surface area contributed by atoms with E-state index < -0.39 is 11.9 Å². The number of nitrogens with zero attached hydrogens (tertiary/aromatic N) is 2. The number of unbranched alkanes of at least 4 members (excludes halogenated alkanes) is 1. The molecule has 0 aromatic carbocycles. The van der Waals surface area contributed by atoms with Crippen LogP contribution in [0.3, 0.4) is 0 Å². The van der Waals surface area contributed by atoms with Gasteiger partial charge in [0.1, 0.15) is 11.9 Å². The lowest BCUT2D eigenvalue weighted by Gasteiger charge is -2.14. The fourth-order valence-electron chi connectivity index (χ4n) is 2.95. The van der Waals surface area contributed by atoms with Gasteiger partial charge in [-0.2, -0.15) is 5.10 Å². The zero-order valence-corrected chi connectivity index (χ0v) is 13.4. The molecule has 0 saturated heterocycles. The quantitative estimate of drug-likeness (QED) is 0.859. The van der Waals surface area contributed by atoms with E-state index in [9.17, 15) is 14.7 Å². The summed E-state index contributed by atoms with van der Waals surface area (Å²) in [6, 6.07) is 5.82. The first kappa shape index (κ1) is 16.0. The average molecular weight is 322 g/mol. The Bertz CT molecular complexity index is 898. The van der Waals surface area contributed by atoms with Crippen LogP contribution >= 0.6 is 0 Å². The summed E-state index contributed by atoms with van der Waals surface area (Å²) in [7, 11) is 0. The van der Waals surface area contributed by atoms with Crippen LogP contribution in [0.4, 0.5) is 0 Å². The first-order chi connectivity index (χ1) is 11.7. The smallest absolute Gasteiger partial charge is 0.315 e. The van der Waals surface area contributed by atoms with E-state index in [4.69, 9.17) is 0 Å². The van der Waals surface area contributed by atoms with Gasteiger partial charge in [-0.15, -0.1) is 0 Å². The minimum atomic E-state index is -1.05. The SMILES string of the molecule is CCCCc1nn2ccccc2c1C1=CC(=C=O)C(C(=O)O)C=C1. The molecule has 5 heteroatoms. The maximum atomic E-state index is 11.2. The fourth-order valence-corrected chi connectivity index (χ4v) is 2.95. The van der Waals surface area contributed by atoms with Crippen molar-refractivity contribution in [2.24, 2.45) is 5.92 Å². The van der Waals surface area contributed by atoms with Crippen LogP contribution in [0.15, 0.2) is 48.2 Å². The van der Waals surface area contributed by atoms with E-state index in [0.29, 0.717) is 0 Å². The van der Waals surface area contributed by atoms with Crippen molar-refractivity contribution < 1.29 is 14.7 Å². The van der Waals surface area contributed by atoms with E-state index in [-0.39, 0.29) is 5.57 Å². The number of carboxylic acid groups (broad SMARTS) is 1. The average Bonchev–Trinajstić information content (AvgIpc) is 2.97. The van der Waals surface area contributed by atoms with Crippen molar-refractivity contribution in [1.82, 2.24) is 9.61 Å². The monoisotopic (exact) mass is 322 g/mol. The number of fused-ring (bicyclic) bond motifs is 1. The minimum Gasteiger partial charge on any atom is -0.481 e. The van der Waals surface area contributed by atoms with Gasteiger partial charge in [0.2, 0.25) is 0 Å². The molecule has 2 heterocycles. The Morgan fingerprint density at radius 2 is 2.25 bits per heavy atom. The zero-order valence-electron chi connectivity index (χ0n) is 13.4. The van der Waals surface area contributed by atoms with E-state index in [0.717, 1.165) is 41.6 Å². The molecule has 5 nitrogen and oxygen atoms in total. The molecule has 0 amide bonds. The van der Waals surface area contributed by atoms with Crippen molar-refractivity contribution in [3.05, 3.63) is 59.5 Å². The number of aryl methyl sites for hydroxylation is 1. The molecular formula is C19H18N2O3. The molecule has 24 heavy (non-hydrogen) atoms. The second kappa shape index (κ2) is 6.69. The molecular weight excluding hydrogens is 304 g/mol. The van der Waals surface area contributed by atoms with Gasteiger partial charge in [0.15, 0.2) is 0 Å². The Kier molecular flexibility index (Phi) is 4.45. The highest BCUT2D eigenvalue weighted by Gasteiger charge is 2.25. The van der Waals surface area contributed by atoms with E-state index in [1.165, 1.54) is 6.08 Å². The lowest BCUT2D eigenvalue weighted by Crippen LogP contribution is -2.15. The van der Waals surface area contributed by atoms with Gasteiger partial charge in [0.25, 0.3) is 0 Å². The van der Waals surface area contributed by atoms with Crippen molar-refractivity contribution in [2.45, 2.75) is 26.2 Å². The zero-order chi connectivity index (χ0) is 17.1. The summed E-state index contributed by atoms with van der Waals surface area (Å²) in [6.07, 6.45) is 9.71. The van der Waals surface area contributed by atoms with Crippen LogP contribution in [0.2, 0.25) is 0 Å². The molecule has 0 spiro atoms. The van der Waals surface area contributed by atoms with Crippen molar-refractivity contribution in [1.29, 1.82) is 0 Å². The Morgan fingerprint density at radius 3 is 2.96 bits per heavy atom. The van der Waals surface area contributed by atoms with Gasteiger partial charge >= 0.3 is 5.97 Å². The second-order valence-electron chi connectivity index (χ2n) is 5.79. The highest BCUT2D eigenvalue weighted by Crippen LogP contribution is 2.32. The first-order valence-electron chi connectivity index (χ1n) is 8.00. The number of rotatable bonds is 5. The normalized spacial score (nSPS) is 17.0. The van der Waals surface area contributed by atoms with Gasteiger partial charge in [-0.05, 0) is 36.6 Å². The van der Waals surface area contributed by atoms with Crippen molar-refractivity contribution >= 4 is 23.0 Å². The van der Waals surface area contributed by atoms with Crippen LogP contribution in [0.25, 0.3) is 11.1 Å². The molecule has 0 saturated carbocycles. The standard InChI is InChI=1S/C19H18N2O3/c1-2-3-6-16-18(17-7-4-5-10-21(17)20-16)13-8-9-15(19(23)24)14(11-13)12-22/h4-5,7-11,15H,2-3,6H2,1H3,(H,23,24). The van der Waals surface area contributed by atoms with Gasteiger partial charge in [-0.3, -0.25) is 4.79 Å². The number of carbonyl (C=O) groups is 1. The number of hydrogen-bond acceptors (Lipinski definition) is 3. The van der Waals surface area contributed by atoms with Crippen molar-refractivity contribution in [3.63, 3.8) is 0 Å². The molecule has 2 aromatic heterocycles. The summed E-state index contributed by atoms with van der Waals surface area (Å²) in [5.41, 5.74) is 3.79. The number of carbonyl (C=O) groups excluding carboxylic acids is 1. The number of allylic oxidation sites excluding steroid dienone is 3. The van der Waals surface area contributed by atoms with Crippen LogP contribution in [-0.4, -0.2) is 26.6 Å². The molecule has 0 radical (unpaired) electrons. The fraction of sp³-hybridized carbons (Fsp3) is 0.263. The number of aromatic nitrogens is 2. The Hall–Kier alpha value is -2.91. The predicted octanol–water partition coefficient (Wildman–Crippen LogP) is 3.09. The van der Waals surface area contributed by atoms with Crippen LogP contribution in [-0.2, 0) is 16.0 Å². The summed E-state index contributed by atoms with van der Waals surface area (Å²) in [4.78, 5) is 22.4. The molecule has 122 valence electrons. The van der Waals surface area contributed by atoms with Crippen LogP contribution < -0.4 is 0 Å². The third-order valence-electron chi connectivity index (χ3n) is 4.17. The Balaban J connectivity index is 2.13. The van der Waals surface area contributed by atoms with E-state index in [1.807, 2.05) is 28.9 Å². The largest absolute Gasteiger partial charge is 0.481 e. The molecule has 1 N–H and O–H groups in total. The molecule has 1 aliphatic rings. The highest BCUT2D eigenvalue weighted by molar-refractivity contribution is 5.93. The van der Waals surface area contributed by atoms with Gasteiger partial charge in [-0.1, -0.05) is 31.6 Å². The van der Waals surface area contributed by atoms with Crippen LogP contribution in [0.1, 0.15) is 31.0 Å². The Morgan fingerprint density at radius 1 is 1.42 bits per heavy atom. The predicted molar refractivity (Wildman–Crippen MR) is 91.3 cm³/mol. The lowest BCUT2D eigenvalue weighted by molar-refractivity contribution is -0.138.